The van der Waals surface area contributed by atoms with E-state index in [0.717, 1.165) is 5.56 Å². The van der Waals surface area contributed by atoms with Gasteiger partial charge in [-0.25, -0.2) is 15.1 Å². The average molecular weight is 266 g/mol. The van der Waals surface area contributed by atoms with Crippen molar-refractivity contribution < 1.29 is 0 Å². The Hall–Kier alpha value is -3.09. The molecule has 3 aromatic rings. The summed E-state index contributed by atoms with van der Waals surface area (Å²) < 4.78 is 0. The van der Waals surface area contributed by atoms with Crippen LogP contribution in [-0.4, -0.2) is 25.1 Å². The summed E-state index contributed by atoms with van der Waals surface area (Å²) in [5, 5.41) is 6.38. The standard InChI is InChI=1S/C13H10N6O/c14-13-16-7-9(10-1-2-11(20)19-18-10)12(17-13)8-3-5-15-6-4-8/h1-7H,(H,19,20)(H2,14,16,17). The summed E-state index contributed by atoms with van der Waals surface area (Å²) in [5.74, 6) is 0.171. The van der Waals surface area contributed by atoms with Gasteiger partial charge in [0.2, 0.25) is 5.95 Å². The first kappa shape index (κ1) is 12.0. The van der Waals surface area contributed by atoms with E-state index in [9.17, 15) is 4.79 Å². The summed E-state index contributed by atoms with van der Waals surface area (Å²) in [6.07, 6.45) is 4.91. The van der Waals surface area contributed by atoms with Gasteiger partial charge < -0.3 is 5.73 Å². The van der Waals surface area contributed by atoms with Crippen molar-refractivity contribution in [2.24, 2.45) is 0 Å². The summed E-state index contributed by atoms with van der Waals surface area (Å²) in [5.41, 5.74) is 8.11. The Bertz CT molecular complexity index is 779. The third-order valence-electron chi connectivity index (χ3n) is 2.72. The van der Waals surface area contributed by atoms with E-state index in [1.54, 1.807) is 24.7 Å². The maximum absolute atomic E-state index is 11.1. The zero-order valence-corrected chi connectivity index (χ0v) is 10.3. The molecule has 0 spiro atoms. The van der Waals surface area contributed by atoms with E-state index in [2.05, 4.69) is 25.1 Å². The number of aromatic amines is 1. The lowest BCUT2D eigenvalue weighted by atomic mass is 10.1. The van der Waals surface area contributed by atoms with Gasteiger partial charge in [0.05, 0.1) is 11.4 Å². The number of nitrogen functional groups attached to an aromatic ring is 1. The van der Waals surface area contributed by atoms with Crippen molar-refractivity contribution in [2.45, 2.75) is 0 Å². The van der Waals surface area contributed by atoms with Gasteiger partial charge in [0.25, 0.3) is 5.56 Å². The summed E-state index contributed by atoms with van der Waals surface area (Å²) in [6, 6.07) is 6.64. The second kappa shape index (κ2) is 4.88. The molecule has 0 fully saturated rings. The van der Waals surface area contributed by atoms with Crippen LogP contribution in [0.2, 0.25) is 0 Å². The highest BCUT2D eigenvalue weighted by molar-refractivity contribution is 5.78. The molecule has 3 heterocycles. The van der Waals surface area contributed by atoms with Crippen molar-refractivity contribution in [3.8, 4) is 22.5 Å². The number of aromatic nitrogens is 5. The summed E-state index contributed by atoms with van der Waals surface area (Å²) in [4.78, 5) is 23.3. The van der Waals surface area contributed by atoms with E-state index in [-0.39, 0.29) is 11.5 Å². The number of hydrogen-bond acceptors (Lipinski definition) is 6. The van der Waals surface area contributed by atoms with Crippen LogP contribution in [0.4, 0.5) is 5.95 Å². The summed E-state index contributed by atoms with van der Waals surface area (Å²) in [7, 11) is 0. The Labute approximate surface area is 113 Å². The molecular formula is C13H10N6O. The van der Waals surface area contributed by atoms with Crippen molar-refractivity contribution in [1.29, 1.82) is 0 Å². The van der Waals surface area contributed by atoms with Crippen LogP contribution in [-0.2, 0) is 0 Å². The molecule has 0 unspecified atom stereocenters. The number of rotatable bonds is 2. The predicted octanol–water partition coefficient (Wildman–Crippen LogP) is 0.871. The molecule has 0 amide bonds. The first-order valence-electron chi connectivity index (χ1n) is 5.83. The third-order valence-corrected chi connectivity index (χ3v) is 2.72. The van der Waals surface area contributed by atoms with Gasteiger partial charge in [0, 0.05) is 35.8 Å². The highest BCUT2D eigenvalue weighted by Gasteiger charge is 2.11. The van der Waals surface area contributed by atoms with Gasteiger partial charge in [0.1, 0.15) is 0 Å². The lowest BCUT2D eigenvalue weighted by Crippen LogP contribution is -2.07. The molecule has 0 aromatic carbocycles. The average Bonchev–Trinajstić information content (AvgIpc) is 2.49. The zero-order valence-electron chi connectivity index (χ0n) is 10.3. The molecule has 0 bridgehead atoms. The van der Waals surface area contributed by atoms with Crippen molar-refractivity contribution in [3.05, 3.63) is 53.2 Å². The molecule has 0 aliphatic rings. The Kier molecular flexibility index (Phi) is 2.92. The topological polar surface area (TPSA) is 110 Å². The van der Waals surface area contributed by atoms with Crippen LogP contribution in [0.5, 0.6) is 0 Å². The Morgan fingerprint density at radius 1 is 1.10 bits per heavy atom. The van der Waals surface area contributed by atoms with Crippen molar-refractivity contribution in [1.82, 2.24) is 25.1 Å². The molecule has 3 N–H and O–H groups in total. The Morgan fingerprint density at radius 3 is 2.60 bits per heavy atom. The van der Waals surface area contributed by atoms with E-state index in [0.29, 0.717) is 17.0 Å². The molecule has 3 aromatic heterocycles. The minimum Gasteiger partial charge on any atom is -0.368 e. The van der Waals surface area contributed by atoms with Gasteiger partial charge in [-0.2, -0.15) is 5.10 Å². The maximum Gasteiger partial charge on any atom is 0.264 e. The molecule has 0 saturated heterocycles. The van der Waals surface area contributed by atoms with Gasteiger partial charge in [-0.05, 0) is 18.2 Å². The zero-order chi connectivity index (χ0) is 13.9. The molecule has 0 aliphatic carbocycles. The lowest BCUT2D eigenvalue weighted by molar-refractivity contribution is 0.992. The molecule has 0 aliphatic heterocycles. The van der Waals surface area contributed by atoms with E-state index in [1.165, 1.54) is 6.07 Å². The molecule has 3 rings (SSSR count). The summed E-state index contributed by atoms with van der Waals surface area (Å²) >= 11 is 0. The lowest BCUT2D eigenvalue weighted by Gasteiger charge is -2.07. The van der Waals surface area contributed by atoms with Crippen molar-refractivity contribution in [2.75, 3.05) is 5.73 Å². The van der Waals surface area contributed by atoms with Gasteiger partial charge in [-0.1, -0.05) is 0 Å². The molecule has 0 saturated carbocycles. The van der Waals surface area contributed by atoms with E-state index >= 15 is 0 Å². The number of H-pyrrole nitrogens is 1. The van der Waals surface area contributed by atoms with Gasteiger partial charge in [-0.15, -0.1) is 0 Å². The molecule has 7 nitrogen and oxygen atoms in total. The minimum atomic E-state index is -0.268. The minimum absolute atomic E-state index is 0.171. The molecule has 7 heteroatoms. The molecule has 0 atom stereocenters. The highest BCUT2D eigenvalue weighted by atomic mass is 16.1. The van der Waals surface area contributed by atoms with Gasteiger partial charge >= 0.3 is 0 Å². The van der Waals surface area contributed by atoms with Crippen LogP contribution in [0, 0.1) is 0 Å². The predicted molar refractivity (Wildman–Crippen MR) is 73.5 cm³/mol. The van der Waals surface area contributed by atoms with Crippen LogP contribution in [0.3, 0.4) is 0 Å². The second-order valence-corrected chi connectivity index (χ2v) is 4.03. The van der Waals surface area contributed by atoms with Crippen LogP contribution in [0.1, 0.15) is 0 Å². The number of pyridine rings is 1. The van der Waals surface area contributed by atoms with Crippen LogP contribution in [0.15, 0.2) is 47.7 Å². The fourth-order valence-corrected chi connectivity index (χ4v) is 1.81. The molecule has 20 heavy (non-hydrogen) atoms. The molecule has 0 radical (unpaired) electrons. The largest absolute Gasteiger partial charge is 0.368 e. The maximum atomic E-state index is 11.1. The Morgan fingerprint density at radius 2 is 1.90 bits per heavy atom. The quantitative estimate of drug-likeness (QED) is 0.712. The van der Waals surface area contributed by atoms with Crippen LogP contribution < -0.4 is 11.3 Å². The van der Waals surface area contributed by atoms with Crippen molar-refractivity contribution in [3.63, 3.8) is 0 Å². The smallest absolute Gasteiger partial charge is 0.264 e. The SMILES string of the molecule is Nc1ncc(-c2ccc(=O)[nH]n2)c(-c2ccncc2)n1. The number of nitrogens with one attached hydrogen (secondary N) is 1. The fraction of sp³-hybridized carbons (Fsp3) is 0. The first-order chi connectivity index (χ1) is 9.74. The van der Waals surface area contributed by atoms with E-state index in [4.69, 9.17) is 5.73 Å². The number of anilines is 1. The summed E-state index contributed by atoms with van der Waals surface area (Å²) in [6.45, 7) is 0. The number of nitrogens with zero attached hydrogens (tertiary/aromatic N) is 4. The van der Waals surface area contributed by atoms with Crippen molar-refractivity contribution >= 4 is 5.95 Å². The van der Waals surface area contributed by atoms with Crippen LogP contribution in [0.25, 0.3) is 22.5 Å². The molecule has 98 valence electrons. The fourth-order valence-electron chi connectivity index (χ4n) is 1.81. The van der Waals surface area contributed by atoms with Gasteiger partial charge in [0.15, 0.2) is 0 Å². The Balaban J connectivity index is 2.21. The number of nitrogens with two attached hydrogens (primary N) is 1. The van der Waals surface area contributed by atoms with E-state index in [1.807, 2.05) is 12.1 Å². The van der Waals surface area contributed by atoms with E-state index < -0.39 is 0 Å². The molecular weight excluding hydrogens is 256 g/mol. The normalized spacial score (nSPS) is 10.4. The second-order valence-electron chi connectivity index (χ2n) is 4.03. The third kappa shape index (κ3) is 2.24. The van der Waals surface area contributed by atoms with Crippen LogP contribution >= 0.6 is 0 Å². The first-order valence-corrected chi connectivity index (χ1v) is 5.83. The monoisotopic (exact) mass is 266 g/mol. The van der Waals surface area contributed by atoms with Gasteiger partial charge in [-0.3, -0.25) is 9.78 Å². The number of hydrogen-bond donors (Lipinski definition) is 2. The highest BCUT2D eigenvalue weighted by Crippen LogP contribution is 2.28.